The van der Waals surface area contributed by atoms with Crippen molar-refractivity contribution in [1.29, 1.82) is 0 Å². The molecule has 0 aliphatic heterocycles. The molecule has 0 atom stereocenters. The molecule has 0 aromatic heterocycles. The van der Waals surface area contributed by atoms with Crippen molar-refractivity contribution in [3.63, 3.8) is 0 Å². The first kappa shape index (κ1) is 29.6. The fourth-order valence-corrected chi connectivity index (χ4v) is 4.98. The zero-order valence-electron chi connectivity index (χ0n) is 20.6. The number of hydrogen-bond acceptors (Lipinski definition) is 7. The minimum atomic E-state index is -3.73. The van der Waals surface area contributed by atoms with E-state index in [1.807, 2.05) is 0 Å². The Morgan fingerprint density at radius 2 is 1.76 bits per heavy atom. The summed E-state index contributed by atoms with van der Waals surface area (Å²) in [4.78, 5) is 12.5. The Bertz CT molecular complexity index is 1440. The fraction of sp³-hybridized carbons (Fsp3) is 0.200. The van der Waals surface area contributed by atoms with Gasteiger partial charge in [-0.3, -0.25) is 9.10 Å². The van der Waals surface area contributed by atoms with Gasteiger partial charge in [0.15, 0.2) is 11.5 Å². The molecule has 13 heteroatoms. The van der Waals surface area contributed by atoms with Crippen LogP contribution in [0.4, 0.5) is 5.69 Å². The van der Waals surface area contributed by atoms with Crippen LogP contribution in [-0.2, 0) is 21.4 Å². The van der Waals surface area contributed by atoms with Gasteiger partial charge in [-0.25, -0.2) is 13.8 Å². The number of carbonyl (C=O) groups is 1. The van der Waals surface area contributed by atoms with Crippen LogP contribution >= 0.6 is 39.1 Å². The molecular formula is C25H24BrCl2N3O6S. The molecule has 0 fully saturated rings. The molecule has 0 aliphatic rings. The van der Waals surface area contributed by atoms with Gasteiger partial charge < -0.3 is 14.2 Å². The maximum Gasteiger partial charge on any atom is 0.260 e. The fourth-order valence-electron chi connectivity index (χ4n) is 3.23. The lowest BCUT2D eigenvalue weighted by Crippen LogP contribution is -2.39. The van der Waals surface area contributed by atoms with E-state index in [1.54, 1.807) is 54.6 Å². The van der Waals surface area contributed by atoms with Crippen LogP contribution in [0.15, 0.2) is 64.2 Å². The Kier molecular flexibility index (Phi) is 10.3. The number of sulfonamides is 1. The second kappa shape index (κ2) is 13.2. The number of hydrogen-bond donors (Lipinski definition) is 1. The third kappa shape index (κ3) is 8.00. The van der Waals surface area contributed by atoms with E-state index in [0.717, 1.165) is 16.1 Å². The Morgan fingerprint density at radius 1 is 1.05 bits per heavy atom. The molecule has 3 aromatic rings. The molecular weight excluding hydrogens is 621 g/mol. The minimum Gasteiger partial charge on any atom is -0.497 e. The highest BCUT2D eigenvalue weighted by molar-refractivity contribution is 9.10. The normalized spacial score (nSPS) is 11.3. The second-order valence-corrected chi connectivity index (χ2v) is 11.4. The molecule has 0 spiro atoms. The number of hydrazone groups is 1. The summed E-state index contributed by atoms with van der Waals surface area (Å²) < 4.78 is 42.5. The molecule has 9 nitrogen and oxygen atoms in total. The van der Waals surface area contributed by atoms with Crippen molar-refractivity contribution in [1.82, 2.24) is 5.43 Å². The first-order chi connectivity index (χ1) is 18.0. The molecule has 0 bridgehead atoms. The number of rotatable bonds is 11. The first-order valence-electron chi connectivity index (χ1n) is 10.9. The van der Waals surface area contributed by atoms with Gasteiger partial charge in [0.05, 0.1) is 46.9 Å². The Balaban J connectivity index is 1.67. The van der Waals surface area contributed by atoms with E-state index < -0.39 is 22.5 Å². The van der Waals surface area contributed by atoms with Gasteiger partial charge in [-0.05, 0) is 75.6 Å². The molecule has 0 radical (unpaired) electrons. The van der Waals surface area contributed by atoms with Crippen LogP contribution < -0.4 is 23.9 Å². The highest BCUT2D eigenvalue weighted by Crippen LogP contribution is 2.37. The molecule has 202 valence electrons. The van der Waals surface area contributed by atoms with Crippen LogP contribution in [0.2, 0.25) is 10.0 Å². The lowest BCUT2D eigenvalue weighted by atomic mass is 10.2. The van der Waals surface area contributed by atoms with Crippen LogP contribution in [0.5, 0.6) is 17.2 Å². The standard InChI is InChI=1S/C25H24BrCl2N3O6S/c1-35-19-7-5-18(6-8-19)31(38(3,33)34)14-24(32)30-29-13-17-10-20(26)25(23(12-17)36-2)37-15-16-4-9-21(27)22(28)11-16/h4-13H,14-15H2,1-3H3,(H,30,32)/b29-13-. The monoisotopic (exact) mass is 643 g/mol. The van der Waals surface area contributed by atoms with Gasteiger partial charge in [-0.1, -0.05) is 29.3 Å². The van der Waals surface area contributed by atoms with E-state index in [4.69, 9.17) is 37.4 Å². The van der Waals surface area contributed by atoms with Crippen molar-refractivity contribution in [3.05, 3.63) is 80.2 Å². The van der Waals surface area contributed by atoms with Crippen molar-refractivity contribution in [3.8, 4) is 17.2 Å². The number of nitrogens with one attached hydrogen (secondary N) is 1. The van der Waals surface area contributed by atoms with Gasteiger partial charge in [0.1, 0.15) is 18.9 Å². The lowest BCUT2D eigenvalue weighted by molar-refractivity contribution is -0.119. The largest absolute Gasteiger partial charge is 0.497 e. The first-order valence-corrected chi connectivity index (χ1v) is 14.3. The van der Waals surface area contributed by atoms with Crippen molar-refractivity contribution < 1.29 is 27.4 Å². The summed E-state index contributed by atoms with van der Waals surface area (Å²) >= 11 is 15.5. The predicted molar refractivity (Wildman–Crippen MR) is 152 cm³/mol. The van der Waals surface area contributed by atoms with Gasteiger partial charge in [0.25, 0.3) is 5.91 Å². The minimum absolute atomic E-state index is 0.223. The van der Waals surface area contributed by atoms with Gasteiger partial charge in [0.2, 0.25) is 10.0 Å². The van der Waals surface area contributed by atoms with E-state index in [1.165, 1.54) is 20.4 Å². The molecule has 1 amide bonds. The average molecular weight is 645 g/mol. The van der Waals surface area contributed by atoms with Crippen LogP contribution in [-0.4, -0.2) is 47.6 Å². The summed E-state index contributed by atoms with van der Waals surface area (Å²) in [5.74, 6) is 0.816. The quantitative estimate of drug-likeness (QED) is 0.225. The Labute approximate surface area is 239 Å². The number of halogens is 3. The third-order valence-corrected chi connectivity index (χ3v) is 7.54. The topological polar surface area (TPSA) is 107 Å². The zero-order valence-corrected chi connectivity index (χ0v) is 24.5. The molecule has 0 heterocycles. The van der Waals surface area contributed by atoms with Crippen molar-refractivity contribution in [2.75, 3.05) is 31.3 Å². The number of benzene rings is 3. The van der Waals surface area contributed by atoms with E-state index in [2.05, 4.69) is 26.5 Å². The molecule has 1 N–H and O–H groups in total. The average Bonchev–Trinajstić information content (AvgIpc) is 2.87. The Hall–Kier alpha value is -2.99. The highest BCUT2D eigenvalue weighted by Gasteiger charge is 2.21. The number of methoxy groups -OCH3 is 2. The Morgan fingerprint density at radius 3 is 2.37 bits per heavy atom. The molecule has 3 aromatic carbocycles. The smallest absolute Gasteiger partial charge is 0.260 e. The molecule has 0 unspecified atom stereocenters. The summed E-state index contributed by atoms with van der Waals surface area (Å²) in [5, 5.41) is 4.83. The maximum absolute atomic E-state index is 12.5. The number of nitrogens with zero attached hydrogens (tertiary/aromatic N) is 2. The lowest BCUT2D eigenvalue weighted by Gasteiger charge is -2.21. The predicted octanol–water partition coefficient (Wildman–Crippen LogP) is 5.27. The third-order valence-electron chi connectivity index (χ3n) is 5.07. The maximum atomic E-state index is 12.5. The van der Waals surface area contributed by atoms with E-state index in [-0.39, 0.29) is 6.61 Å². The molecule has 3 rings (SSSR count). The zero-order chi connectivity index (χ0) is 27.9. The van der Waals surface area contributed by atoms with Crippen LogP contribution in [0.1, 0.15) is 11.1 Å². The van der Waals surface area contributed by atoms with Crippen LogP contribution in [0, 0.1) is 0 Å². The van der Waals surface area contributed by atoms with Crippen LogP contribution in [0.25, 0.3) is 0 Å². The second-order valence-electron chi connectivity index (χ2n) is 7.83. The number of amides is 1. The summed E-state index contributed by atoms with van der Waals surface area (Å²) in [6.07, 6.45) is 2.41. The molecule has 0 saturated heterocycles. The molecule has 38 heavy (non-hydrogen) atoms. The van der Waals surface area contributed by atoms with E-state index >= 15 is 0 Å². The van der Waals surface area contributed by atoms with Gasteiger partial charge >= 0.3 is 0 Å². The SMILES string of the molecule is COc1ccc(N(CC(=O)N/N=C\c2cc(Br)c(OCc3ccc(Cl)c(Cl)c3)c(OC)c2)S(C)(=O)=O)cc1. The number of carbonyl (C=O) groups excluding carboxylic acids is 1. The summed E-state index contributed by atoms with van der Waals surface area (Å²) in [5.41, 5.74) is 4.07. The highest BCUT2D eigenvalue weighted by atomic mass is 79.9. The molecule has 0 aliphatic carbocycles. The summed E-state index contributed by atoms with van der Waals surface area (Å²) in [6, 6.07) is 14.9. The summed E-state index contributed by atoms with van der Waals surface area (Å²) in [6.45, 7) is -0.239. The van der Waals surface area contributed by atoms with Crippen molar-refractivity contribution in [2.24, 2.45) is 5.10 Å². The van der Waals surface area contributed by atoms with Crippen molar-refractivity contribution >= 4 is 67.0 Å². The number of anilines is 1. The summed E-state index contributed by atoms with van der Waals surface area (Å²) in [7, 11) is -0.733. The van der Waals surface area contributed by atoms with Crippen LogP contribution in [0.3, 0.4) is 0 Å². The van der Waals surface area contributed by atoms with Crippen molar-refractivity contribution in [2.45, 2.75) is 6.61 Å². The van der Waals surface area contributed by atoms with Gasteiger partial charge in [-0.2, -0.15) is 5.10 Å². The number of ether oxygens (including phenoxy) is 3. The van der Waals surface area contributed by atoms with Gasteiger partial charge in [0, 0.05) is 0 Å². The van der Waals surface area contributed by atoms with Gasteiger partial charge in [-0.15, -0.1) is 0 Å². The molecule has 0 saturated carbocycles. The van der Waals surface area contributed by atoms with E-state index in [9.17, 15) is 13.2 Å². The van der Waals surface area contributed by atoms with E-state index in [0.29, 0.717) is 43.0 Å².